The minimum absolute atomic E-state index is 0.320. The lowest BCUT2D eigenvalue weighted by Crippen LogP contribution is -2.02. The topological polar surface area (TPSA) is 20.2 Å². The number of rotatable bonds is 4. The smallest absolute Gasteiger partial charge is 0.0462 e. The highest BCUT2D eigenvalue weighted by Crippen LogP contribution is 2.08. The maximum absolute atomic E-state index is 8.81. The van der Waals surface area contributed by atoms with E-state index < -0.39 is 0 Å². The summed E-state index contributed by atoms with van der Waals surface area (Å²) < 4.78 is 0. The van der Waals surface area contributed by atoms with Gasteiger partial charge in [0, 0.05) is 6.61 Å². The van der Waals surface area contributed by atoms with Crippen molar-refractivity contribution >= 4 is 0 Å². The average molecular weight is 142 g/mol. The van der Waals surface area contributed by atoms with Crippen LogP contribution in [0.5, 0.6) is 0 Å². The summed E-state index contributed by atoms with van der Waals surface area (Å²) in [4.78, 5) is 0. The number of hydrogen-bond acceptors (Lipinski definition) is 1. The van der Waals surface area contributed by atoms with E-state index in [0.717, 1.165) is 12.8 Å². The lowest BCUT2D eigenvalue weighted by molar-refractivity contribution is 0.224. The second-order valence-corrected chi connectivity index (χ2v) is 2.97. The summed E-state index contributed by atoms with van der Waals surface area (Å²) in [6, 6.07) is 0. The molecule has 0 radical (unpaired) electrons. The van der Waals surface area contributed by atoms with Gasteiger partial charge in [0.15, 0.2) is 0 Å². The van der Waals surface area contributed by atoms with E-state index in [9.17, 15) is 0 Å². The van der Waals surface area contributed by atoms with Gasteiger partial charge >= 0.3 is 0 Å². The van der Waals surface area contributed by atoms with E-state index in [0.29, 0.717) is 12.5 Å². The van der Waals surface area contributed by atoms with E-state index in [1.165, 1.54) is 5.57 Å². The molecule has 0 aromatic rings. The second-order valence-electron chi connectivity index (χ2n) is 2.97. The van der Waals surface area contributed by atoms with E-state index in [1.807, 2.05) is 0 Å². The first-order valence-corrected chi connectivity index (χ1v) is 3.95. The second kappa shape index (κ2) is 5.48. The Labute approximate surface area is 63.8 Å². The highest BCUT2D eigenvalue weighted by molar-refractivity contribution is 4.93. The van der Waals surface area contributed by atoms with Crippen LogP contribution in [0.4, 0.5) is 0 Å². The molecular weight excluding hydrogens is 124 g/mol. The lowest BCUT2D eigenvalue weighted by atomic mass is 10.0. The molecule has 0 saturated heterocycles. The summed E-state index contributed by atoms with van der Waals surface area (Å²) in [5.41, 5.74) is 1.34. The molecule has 0 aliphatic rings. The predicted octanol–water partition coefficient (Wildman–Crippen LogP) is 2.36. The summed E-state index contributed by atoms with van der Waals surface area (Å²) in [6.07, 6.45) is 4.28. The minimum atomic E-state index is 0.320. The Bertz CT molecular complexity index is 97.3. The van der Waals surface area contributed by atoms with Crippen LogP contribution in [0, 0.1) is 5.92 Å². The van der Waals surface area contributed by atoms with E-state index in [-0.39, 0.29) is 0 Å². The van der Waals surface area contributed by atoms with Gasteiger partial charge in [0.25, 0.3) is 0 Å². The van der Waals surface area contributed by atoms with E-state index in [4.69, 9.17) is 5.11 Å². The first kappa shape index (κ1) is 9.70. The van der Waals surface area contributed by atoms with Crippen molar-refractivity contribution in [2.75, 3.05) is 6.61 Å². The fourth-order valence-electron chi connectivity index (χ4n) is 0.773. The zero-order chi connectivity index (χ0) is 7.98. The lowest BCUT2D eigenvalue weighted by Gasteiger charge is -2.07. The van der Waals surface area contributed by atoms with Crippen LogP contribution in [0.25, 0.3) is 0 Å². The molecule has 1 nitrogen and oxygen atoms in total. The molecule has 0 aromatic carbocycles. The molecule has 0 rings (SSSR count). The molecule has 1 heteroatoms. The maximum Gasteiger partial charge on any atom is 0.0462 e. The molecule has 1 N–H and O–H groups in total. The quantitative estimate of drug-likeness (QED) is 0.597. The van der Waals surface area contributed by atoms with Crippen molar-refractivity contribution in [3.05, 3.63) is 11.6 Å². The predicted molar refractivity (Wildman–Crippen MR) is 44.9 cm³/mol. The van der Waals surface area contributed by atoms with Crippen molar-refractivity contribution in [2.24, 2.45) is 5.92 Å². The van der Waals surface area contributed by atoms with Crippen LogP contribution in [0.2, 0.25) is 0 Å². The largest absolute Gasteiger partial charge is 0.396 e. The fraction of sp³-hybridized carbons (Fsp3) is 0.778. The molecule has 0 aliphatic carbocycles. The van der Waals surface area contributed by atoms with Crippen molar-refractivity contribution in [3.63, 3.8) is 0 Å². The Hall–Kier alpha value is -0.300. The Kier molecular flexibility index (Phi) is 5.32. The zero-order valence-corrected chi connectivity index (χ0v) is 7.22. The molecule has 0 bridgehead atoms. The highest BCUT2D eigenvalue weighted by atomic mass is 16.3. The van der Waals surface area contributed by atoms with Crippen molar-refractivity contribution in [3.8, 4) is 0 Å². The fourth-order valence-corrected chi connectivity index (χ4v) is 0.773. The molecule has 0 spiro atoms. The van der Waals surface area contributed by atoms with E-state index >= 15 is 0 Å². The minimum Gasteiger partial charge on any atom is -0.396 e. The van der Waals surface area contributed by atoms with Gasteiger partial charge in [0.05, 0.1) is 0 Å². The first-order chi connectivity index (χ1) is 4.70. The molecule has 0 aromatic heterocycles. The third-order valence-electron chi connectivity index (χ3n) is 1.69. The highest BCUT2D eigenvalue weighted by Gasteiger charge is 2.00. The Morgan fingerprint density at radius 1 is 1.50 bits per heavy atom. The molecular formula is C9H18O. The standard InChI is InChI=1S/C9H18O/c1-4-9(7-10)6-5-8(2)3/h5,9-10H,4,6-7H2,1-3H3. The summed E-state index contributed by atoms with van der Waals surface area (Å²) in [6.45, 7) is 6.61. The first-order valence-electron chi connectivity index (χ1n) is 3.95. The van der Waals surface area contributed by atoms with Gasteiger partial charge in [-0.2, -0.15) is 0 Å². The molecule has 0 aliphatic heterocycles. The normalized spacial score (nSPS) is 12.8. The molecule has 1 unspecified atom stereocenters. The Morgan fingerprint density at radius 2 is 2.10 bits per heavy atom. The summed E-state index contributed by atoms with van der Waals surface area (Å²) in [5.74, 6) is 0.467. The third kappa shape index (κ3) is 4.57. The van der Waals surface area contributed by atoms with Crippen LogP contribution in [0.15, 0.2) is 11.6 Å². The van der Waals surface area contributed by atoms with Crippen molar-refractivity contribution in [2.45, 2.75) is 33.6 Å². The van der Waals surface area contributed by atoms with Gasteiger partial charge in [-0.25, -0.2) is 0 Å². The molecule has 0 fully saturated rings. The van der Waals surface area contributed by atoms with Gasteiger partial charge in [0.1, 0.15) is 0 Å². The van der Waals surface area contributed by atoms with Gasteiger partial charge in [-0.05, 0) is 26.2 Å². The molecule has 0 saturated carbocycles. The summed E-state index contributed by atoms with van der Waals surface area (Å²) in [7, 11) is 0. The van der Waals surface area contributed by atoms with Crippen LogP contribution in [0.3, 0.4) is 0 Å². The van der Waals surface area contributed by atoms with Crippen molar-refractivity contribution in [1.29, 1.82) is 0 Å². The number of aliphatic hydroxyl groups is 1. The third-order valence-corrected chi connectivity index (χ3v) is 1.69. The monoisotopic (exact) mass is 142 g/mol. The molecule has 0 amide bonds. The number of aliphatic hydroxyl groups excluding tert-OH is 1. The molecule has 60 valence electrons. The molecule has 1 atom stereocenters. The molecule has 10 heavy (non-hydrogen) atoms. The van der Waals surface area contributed by atoms with Crippen LogP contribution in [0.1, 0.15) is 33.6 Å². The Balaban J connectivity index is 3.54. The van der Waals surface area contributed by atoms with E-state index in [2.05, 4.69) is 26.8 Å². The van der Waals surface area contributed by atoms with Crippen LogP contribution >= 0.6 is 0 Å². The van der Waals surface area contributed by atoms with Gasteiger partial charge in [-0.15, -0.1) is 0 Å². The van der Waals surface area contributed by atoms with Crippen LogP contribution in [-0.2, 0) is 0 Å². The summed E-state index contributed by atoms with van der Waals surface area (Å²) >= 11 is 0. The van der Waals surface area contributed by atoms with Gasteiger partial charge in [0.2, 0.25) is 0 Å². The van der Waals surface area contributed by atoms with Crippen LogP contribution in [-0.4, -0.2) is 11.7 Å². The van der Waals surface area contributed by atoms with Crippen molar-refractivity contribution in [1.82, 2.24) is 0 Å². The number of hydrogen-bond donors (Lipinski definition) is 1. The SMILES string of the molecule is CCC(CO)CC=C(C)C. The van der Waals surface area contributed by atoms with Gasteiger partial charge < -0.3 is 5.11 Å². The Morgan fingerprint density at radius 3 is 2.40 bits per heavy atom. The van der Waals surface area contributed by atoms with Crippen LogP contribution < -0.4 is 0 Å². The molecule has 0 heterocycles. The van der Waals surface area contributed by atoms with Gasteiger partial charge in [-0.1, -0.05) is 25.0 Å². The summed E-state index contributed by atoms with van der Waals surface area (Å²) in [5, 5.41) is 8.81. The average Bonchev–Trinajstić information content (AvgIpc) is 1.90. The number of allylic oxidation sites excluding steroid dienone is 2. The van der Waals surface area contributed by atoms with Crippen molar-refractivity contribution < 1.29 is 5.11 Å². The van der Waals surface area contributed by atoms with Gasteiger partial charge in [-0.3, -0.25) is 0 Å². The maximum atomic E-state index is 8.81. The van der Waals surface area contributed by atoms with E-state index in [1.54, 1.807) is 0 Å². The zero-order valence-electron chi connectivity index (χ0n) is 7.22.